The van der Waals surface area contributed by atoms with Gasteiger partial charge in [-0.25, -0.2) is 4.79 Å². The van der Waals surface area contributed by atoms with Crippen LogP contribution in [0.4, 0.5) is 0 Å². The second kappa shape index (κ2) is 8.68. The van der Waals surface area contributed by atoms with Gasteiger partial charge in [-0.15, -0.1) is 0 Å². The number of phenols is 1. The van der Waals surface area contributed by atoms with Gasteiger partial charge in [0.15, 0.2) is 0 Å². The summed E-state index contributed by atoms with van der Waals surface area (Å²) in [4.78, 5) is 12.5. The van der Waals surface area contributed by atoms with Crippen molar-refractivity contribution in [3.63, 3.8) is 0 Å². The van der Waals surface area contributed by atoms with E-state index in [0.717, 1.165) is 19.3 Å². The van der Waals surface area contributed by atoms with Gasteiger partial charge in [0.05, 0.1) is 18.8 Å². The lowest BCUT2D eigenvalue weighted by atomic mass is 9.92. The minimum Gasteiger partial charge on any atom is -0.507 e. The molecule has 7 atom stereocenters. The molecule has 2 fully saturated rings. The lowest BCUT2D eigenvalue weighted by molar-refractivity contribution is -0.116. The van der Waals surface area contributed by atoms with Gasteiger partial charge in [0, 0.05) is 18.9 Å². The number of phenolic OH excluding ortho intramolecular Hbond substituents is 1. The Morgan fingerprint density at radius 3 is 2.63 bits per heavy atom. The van der Waals surface area contributed by atoms with Crippen LogP contribution in [0.3, 0.4) is 0 Å². The minimum absolute atomic E-state index is 0.0278. The summed E-state index contributed by atoms with van der Waals surface area (Å²) < 4.78 is 22.4. The van der Waals surface area contributed by atoms with Gasteiger partial charge in [-0.2, -0.15) is 0 Å². The number of cyclic esters (lactones) is 1. The predicted octanol–water partition coefficient (Wildman–Crippen LogP) is 0.639. The van der Waals surface area contributed by atoms with Crippen LogP contribution in [-0.2, 0) is 20.6 Å². The van der Waals surface area contributed by atoms with Crippen LogP contribution in [0.25, 0.3) is 0 Å². The molecule has 0 radical (unpaired) electrons. The molecule has 30 heavy (non-hydrogen) atoms. The highest BCUT2D eigenvalue weighted by Gasteiger charge is 2.44. The van der Waals surface area contributed by atoms with Crippen LogP contribution in [0.1, 0.15) is 48.5 Å². The lowest BCUT2D eigenvalue weighted by Crippen LogP contribution is -2.36. The fourth-order valence-electron chi connectivity index (χ4n) is 4.41. The van der Waals surface area contributed by atoms with E-state index in [1.54, 1.807) is 6.07 Å². The van der Waals surface area contributed by atoms with Gasteiger partial charge in [-0.3, -0.25) is 0 Å². The molecule has 3 aliphatic rings. The maximum atomic E-state index is 12.5. The summed E-state index contributed by atoms with van der Waals surface area (Å²) in [5, 5.41) is 39.5. The van der Waals surface area contributed by atoms with E-state index in [2.05, 4.69) is 0 Å². The first kappa shape index (κ1) is 21.3. The second-order valence-electron chi connectivity index (χ2n) is 8.27. The fourth-order valence-corrected chi connectivity index (χ4v) is 4.41. The number of benzene rings is 1. The van der Waals surface area contributed by atoms with E-state index in [9.17, 15) is 25.2 Å². The maximum Gasteiger partial charge on any atom is 0.342 e. The number of carbonyl (C=O) groups is 1. The number of fused-ring (bicyclic) bond motifs is 1. The summed E-state index contributed by atoms with van der Waals surface area (Å²) in [7, 11) is 0. The molecule has 0 amide bonds. The molecule has 3 heterocycles. The number of rotatable bonds is 5. The summed E-state index contributed by atoms with van der Waals surface area (Å²) in [5.74, 6) is -0.709. The topological polar surface area (TPSA) is 135 Å². The molecule has 0 bridgehead atoms. The van der Waals surface area contributed by atoms with Crippen molar-refractivity contribution < 1.29 is 44.2 Å². The largest absolute Gasteiger partial charge is 0.507 e. The first-order chi connectivity index (χ1) is 14.4. The summed E-state index contributed by atoms with van der Waals surface area (Å²) in [5.41, 5.74) is 0.666. The Morgan fingerprint density at radius 2 is 1.93 bits per heavy atom. The average Bonchev–Trinajstić information content (AvgIpc) is 2.95. The fraction of sp³-hybridized carbons (Fsp3) is 0.667. The summed E-state index contributed by atoms with van der Waals surface area (Å²) in [6, 6.07) is 2.84. The molecule has 9 nitrogen and oxygen atoms in total. The van der Waals surface area contributed by atoms with Crippen molar-refractivity contribution in [2.45, 2.75) is 81.9 Å². The van der Waals surface area contributed by atoms with Gasteiger partial charge in [-0.05, 0) is 37.8 Å². The van der Waals surface area contributed by atoms with Crippen molar-refractivity contribution in [2.75, 3.05) is 6.61 Å². The van der Waals surface area contributed by atoms with Crippen molar-refractivity contribution >= 4 is 5.97 Å². The van der Waals surface area contributed by atoms with E-state index >= 15 is 0 Å². The third kappa shape index (κ3) is 4.26. The Morgan fingerprint density at radius 1 is 1.13 bits per heavy atom. The van der Waals surface area contributed by atoms with Gasteiger partial charge in [0.1, 0.15) is 41.5 Å². The highest BCUT2D eigenvalue weighted by molar-refractivity contribution is 5.95. The van der Waals surface area contributed by atoms with Gasteiger partial charge in [0.2, 0.25) is 6.29 Å². The molecule has 9 heteroatoms. The predicted molar refractivity (Wildman–Crippen MR) is 102 cm³/mol. The average molecular weight is 424 g/mol. The van der Waals surface area contributed by atoms with Crippen LogP contribution in [0.15, 0.2) is 12.1 Å². The third-order valence-corrected chi connectivity index (χ3v) is 5.94. The van der Waals surface area contributed by atoms with Crippen LogP contribution in [0.2, 0.25) is 0 Å². The molecule has 0 aromatic heterocycles. The monoisotopic (exact) mass is 424 g/mol. The molecule has 2 saturated heterocycles. The van der Waals surface area contributed by atoms with Gasteiger partial charge < -0.3 is 39.4 Å². The van der Waals surface area contributed by atoms with Crippen molar-refractivity contribution in [3.05, 3.63) is 23.3 Å². The maximum absolute atomic E-state index is 12.5. The Labute approximate surface area is 174 Å². The molecule has 0 unspecified atom stereocenters. The van der Waals surface area contributed by atoms with Crippen LogP contribution in [0.5, 0.6) is 11.5 Å². The van der Waals surface area contributed by atoms with Crippen molar-refractivity contribution in [3.8, 4) is 11.5 Å². The Kier molecular flexibility index (Phi) is 6.17. The molecule has 0 aliphatic carbocycles. The summed E-state index contributed by atoms with van der Waals surface area (Å²) in [6.07, 6.45) is -0.972. The molecular formula is C21H28O9. The van der Waals surface area contributed by atoms with Crippen LogP contribution < -0.4 is 4.74 Å². The smallest absolute Gasteiger partial charge is 0.342 e. The molecule has 4 rings (SSSR count). The number of aromatic hydroxyl groups is 1. The minimum atomic E-state index is -1.36. The zero-order valence-electron chi connectivity index (χ0n) is 16.8. The van der Waals surface area contributed by atoms with Crippen LogP contribution >= 0.6 is 0 Å². The number of aliphatic hydroxyl groups is 3. The first-order valence-corrected chi connectivity index (χ1v) is 10.4. The highest BCUT2D eigenvalue weighted by Crippen LogP contribution is 2.36. The summed E-state index contributed by atoms with van der Waals surface area (Å²) in [6.45, 7) is 1.57. The van der Waals surface area contributed by atoms with E-state index in [1.807, 2.05) is 6.92 Å². The number of hydrogen-bond acceptors (Lipinski definition) is 9. The van der Waals surface area contributed by atoms with Crippen LogP contribution in [-0.4, -0.2) is 75.9 Å². The van der Waals surface area contributed by atoms with E-state index in [-0.39, 0.29) is 35.4 Å². The first-order valence-electron chi connectivity index (χ1n) is 10.4. The van der Waals surface area contributed by atoms with Gasteiger partial charge in [0.25, 0.3) is 0 Å². The highest BCUT2D eigenvalue weighted by atomic mass is 16.7. The Bertz CT molecular complexity index is 782. The molecule has 1 aromatic rings. The van der Waals surface area contributed by atoms with E-state index in [4.69, 9.17) is 18.9 Å². The summed E-state index contributed by atoms with van der Waals surface area (Å²) >= 11 is 0. The van der Waals surface area contributed by atoms with E-state index < -0.39 is 37.2 Å². The third-order valence-electron chi connectivity index (χ3n) is 5.94. The molecule has 0 saturated carbocycles. The van der Waals surface area contributed by atoms with Crippen LogP contribution in [0, 0.1) is 0 Å². The van der Waals surface area contributed by atoms with E-state index in [0.29, 0.717) is 18.4 Å². The normalized spacial score (nSPS) is 36.3. The lowest BCUT2D eigenvalue weighted by Gasteiger charge is -2.32. The molecule has 3 aliphatic heterocycles. The Balaban J connectivity index is 1.48. The number of hydrogen-bond donors (Lipinski definition) is 4. The quantitative estimate of drug-likeness (QED) is 0.502. The van der Waals surface area contributed by atoms with Crippen molar-refractivity contribution in [1.82, 2.24) is 0 Å². The number of carbonyl (C=O) groups excluding carboxylic acids is 1. The molecule has 1 aromatic carbocycles. The number of ether oxygens (including phenoxy) is 4. The van der Waals surface area contributed by atoms with Crippen molar-refractivity contribution in [2.24, 2.45) is 0 Å². The zero-order valence-corrected chi connectivity index (χ0v) is 16.8. The molecule has 166 valence electrons. The van der Waals surface area contributed by atoms with E-state index in [1.165, 1.54) is 6.07 Å². The SMILES string of the molecule is C[C@H]1CCC[C@H](C[C@H]2Cc3cc(O[C@H]4O[C@H](CO)[C@@H](O)[C@H]4O)cc(O)c3C(=O)O2)O1. The zero-order chi connectivity index (χ0) is 21.4. The molecule has 4 N–H and O–H groups in total. The van der Waals surface area contributed by atoms with Gasteiger partial charge >= 0.3 is 5.97 Å². The molecular weight excluding hydrogens is 396 g/mol. The number of esters is 1. The van der Waals surface area contributed by atoms with Gasteiger partial charge in [-0.1, -0.05) is 0 Å². The number of aliphatic hydroxyl groups excluding tert-OH is 3. The molecule has 0 spiro atoms. The Hall–Kier alpha value is -1.91. The standard InChI is InChI=1S/C21H28O9/c1-10-3-2-4-12(27-10)7-13-5-11-6-14(8-15(23)17(11)20(26)28-13)29-21-19(25)18(24)16(9-22)30-21/h6,8,10,12-13,16,18-19,21-25H,2-5,7,9H2,1H3/t10-,12+,13+,16+,18+,19+,21-/m0/s1. The van der Waals surface area contributed by atoms with Crippen molar-refractivity contribution in [1.29, 1.82) is 0 Å². The second-order valence-corrected chi connectivity index (χ2v) is 8.27.